The zero-order chi connectivity index (χ0) is 13.4. The molecule has 0 amide bonds. The number of aryl methyl sites for hydroxylation is 1. The molecule has 2 N–H and O–H groups in total. The molecule has 100 valence electrons. The lowest BCUT2D eigenvalue weighted by Crippen LogP contribution is -2.15. The van der Waals surface area contributed by atoms with E-state index in [1.54, 1.807) is 19.1 Å². The smallest absolute Gasteiger partial charge is 0.244 e. The van der Waals surface area contributed by atoms with E-state index >= 15 is 0 Å². The minimum atomic E-state index is -0.381. The van der Waals surface area contributed by atoms with Crippen LogP contribution < -0.4 is 5.32 Å². The van der Waals surface area contributed by atoms with Crippen molar-refractivity contribution in [1.29, 1.82) is 0 Å². The van der Waals surface area contributed by atoms with Crippen LogP contribution in [0.1, 0.15) is 23.9 Å². The molecule has 1 aromatic carbocycles. The van der Waals surface area contributed by atoms with Gasteiger partial charge in [-0.25, -0.2) is 4.39 Å². The van der Waals surface area contributed by atoms with E-state index in [2.05, 4.69) is 15.5 Å². The van der Waals surface area contributed by atoms with Gasteiger partial charge in [0.15, 0.2) is 0 Å². The molecular formula is C13H14FN3O2. The van der Waals surface area contributed by atoms with Gasteiger partial charge in [0.05, 0.1) is 12.1 Å². The van der Waals surface area contributed by atoms with E-state index in [1.165, 1.54) is 6.07 Å². The average Bonchev–Trinajstić information content (AvgIpc) is 3.01. The summed E-state index contributed by atoms with van der Waals surface area (Å²) in [6, 6.07) is 4.57. The molecule has 5 nitrogen and oxygen atoms in total. The van der Waals surface area contributed by atoms with E-state index in [1.807, 2.05) is 0 Å². The molecule has 1 fully saturated rings. The monoisotopic (exact) mass is 263 g/mol. The van der Waals surface area contributed by atoms with Crippen LogP contribution >= 0.6 is 0 Å². The second-order valence-electron chi connectivity index (χ2n) is 4.77. The van der Waals surface area contributed by atoms with E-state index in [0.29, 0.717) is 35.8 Å². The van der Waals surface area contributed by atoms with Crippen molar-refractivity contribution in [1.82, 2.24) is 15.5 Å². The summed E-state index contributed by atoms with van der Waals surface area (Å²) < 4.78 is 18.4. The maximum absolute atomic E-state index is 13.2. The molecule has 1 saturated heterocycles. The lowest BCUT2D eigenvalue weighted by Gasteiger charge is -2.01. The first-order valence-corrected chi connectivity index (χ1v) is 6.15. The Hall–Kier alpha value is -1.79. The van der Waals surface area contributed by atoms with Gasteiger partial charge < -0.3 is 14.9 Å². The molecule has 2 aromatic rings. The zero-order valence-electron chi connectivity index (χ0n) is 10.4. The van der Waals surface area contributed by atoms with E-state index < -0.39 is 0 Å². The number of hydrogen-bond donors (Lipinski definition) is 2. The van der Waals surface area contributed by atoms with Crippen LogP contribution in [0.2, 0.25) is 0 Å². The molecule has 1 aromatic heterocycles. The Morgan fingerprint density at radius 3 is 3.00 bits per heavy atom. The number of nitrogens with one attached hydrogen (secondary N) is 1. The fraction of sp³-hybridized carbons (Fsp3) is 0.385. The fourth-order valence-electron chi connectivity index (χ4n) is 2.18. The molecule has 3 rings (SSSR count). The van der Waals surface area contributed by atoms with Crippen molar-refractivity contribution in [3.05, 3.63) is 35.5 Å². The van der Waals surface area contributed by atoms with Gasteiger partial charge in [-0.05, 0) is 37.1 Å². The first-order chi connectivity index (χ1) is 9.13. The van der Waals surface area contributed by atoms with Gasteiger partial charge in [0, 0.05) is 12.1 Å². The highest BCUT2D eigenvalue weighted by Crippen LogP contribution is 2.25. The molecule has 0 saturated carbocycles. The highest BCUT2D eigenvalue weighted by molar-refractivity contribution is 5.55. The highest BCUT2D eigenvalue weighted by atomic mass is 19.1. The summed E-state index contributed by atoms with van der Waals surface area (Å²) >= 11 is 0. The number of β-amino-alcohol motifs (C(OH)–C–C–N with tert-alkyl or cyclic N) is 1. The Labute approximate surface area is 109 Å². The number of benzene rings is 1. The molecule has 0 bridgehead atoms. The molecule has 0 unspecified atom stereocenters. The molecule has 2 atom stereocenters. The molecule has 1 aliphatic heterocycles. The number of nitrogens with zero attached hydrogens (tertiary/aromatic N) is 2. The number of aliphatic hydroxyl groups excluding tert-OH is 1. The minimum absolute atomic E-state index is 0.113. The van der Waals surface area contributed by atoms with E-state index in [4.69, 9.17) is 4.52 Å². The lowest BCUT2D eigenvalue weighted by atomic mass is 10.1. The summed E-state index contributed by atoms with van der Waals surface area (Å²) in [5, 5.41) is 16.5. The van der Waals surface area contributed by atoms with Crippen LogP contribution in [0.4, 0.5) is 4.39 Å². The van der Waals surface area contributed by atoms with Gasteiger partial charge in [-0.3, -0.25) is 0 Å². The Morgan fingerprint density at radius 2 is 2.32 bits per heavy atom. The molecule has 6 heteroatoms. The summed E-state index contributed by atoms with van der Waals surface area (Å²) in [5.74, 6) is 0.628. The topological polar surface area (TPSA) is 71.2 Å². The predicted molar refractivity (Wildman–Crippen MR) is 65.8 cm³/mol. The number of aliphatic hydroxyl groups is 1. The summed E-state index contributed by atoms with van der Waals surface area (Å²) in [4.78, 5) is 4.29. The van der Waals surface area contributed by atoms with Crippen molar-refractivity contribution < 1.29 is 14.0 Å². The largest absolute Gasteiger partial charge is 0.392 e. The maximum atomic E-state index is 13.2. The van der Waals surface area contributed by atoms with Gasteiger partial charge >= 0.3 is 0 Å². The molecule has 19 heavy (non-hydrogen) atoms. The summed E-state index contributed by atoms with van der Waals surface area (Å²) in [6.45, 7) is 2.22. The lowest BCUT2D eigenvalue weighted by molar-refractivity contribution is 0.191. The third-order valence-corrected chi connectivity index (χ3v) is 3.26. The van der Waals surface area contributed by atoms with Crippen LogP contribution in [0, 0.1) is 12.7 Å². The van der Waals surface area contributed by atoms with Gasteiger partial charge in [-0.2, -0.15) is 4.98 Å². The standard InChI is InChI=1S/C13H14FN3O2/c1-7-4-8(2-3-10(7)14)12-16-13(19-17-12)11-5-9(18)6-15-11/h2-4,9,11,15,18H,5-6H2,1H3/t9-,11-/m0/s1. The third kappa shape index (κ3) is 2.36. The van der Waals surface area contributed by atoms with Crippen LogP contribution in [0.25, 0.3) is 11.4 Å². The van der Waals surface area contributed by atoms with Crippen molar-refractivity contribution in [2.45, 2.75) is 25.5 Å². The SMILES string of the molecule is Cc1cc(-c2noc([C@@H]3C[C@H](O)CN3)n2)ccc1F. The summed E-state index contributed by atoms with van der Waals surface area (Å²) in [7, 11) is 0. The van der Waals surface area contributed by atoms with Crippen molar-refractivity contribution in [2.24, 2.45) is 0 Å². The number of halogens is 1. The summed E-state index contributed by atoms with van der Waals surface area (Å²) in [6.07, 6.45) is 0.179. The maximum Gasteiger partial charge on any atom is 0.244 e. The fourth-order valence-corrected chi connectivity index (χ4v) is 2.18. The quantitative estimate of drug-likeness (QED) is 0.860. The number of hydrogen-bond acceptors (Lipinski definition) is 5. The molecule has 0 aliphatic carbocycles. The van der Waals surface area contributed by atoms with Crippen molar-refractivity contribution in [3.8, 4) is 11.4 Å². The second-order valence-corrected chi connectivity index (χ2v) is 4.77. The Morgan fingerprint density at radius 1 is 1.47 bits per heavy atom. The van der Waals surface area contributed by atoms with Crippen molar-refractivity contribution in [3.63, 3.8) is 0 Å². The minimum Gasteiger partial charge on any atom is -0.392 e. The van der Waals surface area contributed by atoms with Gasteiger partial charge in [0.25, 0.3) is 0 Å². The van der Waals surface area contributed by atoms with Gasteiger partial charge in [0.2, 0.25) is 11.7 Å². The molecular weight excluding hydrogens is 249 g/mol. The Balaban J connectivity index is 1.86. The molecule has 1 aliphatic rings. The highest BCUT2D eigenvalue weighted by Gasteiger charge is 2.28. The van der Waals surface area contributed by atoms with Crippen molar-refractivity contribution >= 4 is 0 Å². The normalized spacial score (nSPS) is 22.9. The number of aromatic nitrogens is 2. The Bertz CT molecular complexity index is 599. The van der Waals surface area contributed by atoms with Gasteiger partial charge in [-0.1, -0.05) is 5.16 Å². The van der Waals surface area contributed by atoms with E-state index in [0.717, 1.165) is 0 Å². The van der Waals surface area contributed by atoms with E-state index in [-0.39, 0.29) is 18.0 Å². The van der Waals surface area contributed by atoms with Gasteiger partial charge in [0.1, 0.15) is 5.82 Å². The van der Waals surface area contributed by atoms with Crippen molar-refractivity contribution in [2.75, 3.05) is 6.54 Å². The third-order valence-electron chi connectivity index (χ3n) is 3.26. The Kier molecular flexibility index (Phi) is 3.04. The van der Waals surface area contributed by atoms with Crippen LogP contribution in [0.15, 0.2) is 22.7 Å². The average molecular weight is 263 g/mol. The van der Waals surface area contributed by atoms with Crippen LogP contribution in [0.3, 0.4) is 0 Å². The first kappa shape index (κ1) is 12.3. The zero-order valence-corrected chi connectivity index (χ0v) is 10.4. The van der Waals surface area contributed by atoms with Crippen LogP contribution in [0.5, 0.6) is 0 Å². The summed E-state index contributed by atoms with van der Waals surface area (Å²) in [5.41, 5.74) is 1.26. The van der Waals surface area contributed by atoms with E-state index in [9.17, 15) is 9.50 Å². The van der Waals surface area contributed by atoms with Crippen LogP contribution in [-0.4, -0.2) is 27.9 Å². The molecule has 2 heterocycles. The first-order valence-electron chi connectivity index (χ1n) is 6.15. The predicted octanol–water partition coefficient (Wildman–Crippen LogP) is 1.58. The van der Waals surface area contributed by atoms with Crippen LogP contribution in [-0.2, 0) is 0 Å². The molecule has 0 spiro atoms. The molecule has 0 radical (unpaired) electrons. The second kappa shape index (κ2) is 4.71. The van der Waals surface area contributed by atoms with Gasteiger partial charge in [-0.15, -0.1) is 0 Å². The number of rotatable bonds is 2.